The zero-order chi connectivity index (χ0) is 19.4. The number of halogens is 3. The molecule has 0 atom stereocenters. The summed E-state index contributed by atoms with van der Waals surface area (Å²) in [5.41, 5.74) is 1.41. The topological polar surface area (TPSA) is 39.9 Å². The Morgan fingerprint density at radius 1 is 1.15 bits per heavy atom. The molecule has 1 aromatic heterocycles. The van der Waals surface area contributed by atoms with Crippen LogP contribution in [0.5, 0.6) is 5.75 Å². The quantitative estimate of drug-likeness (QED) is 0.440. The molecule has 4 nitrogen and oxygen atoms in total. The molecular weight excluding hydrogens is 408 g/mol. The van der Waals surface area contributed by atoms with Crippen molar-refractivity contribution >= 4 is 35.0 Å². The van der Waals surface area contributed by atoms with E-state index in [2.05, 4.69) is 10.2 Å². The number of aryl methyl sites for hydroxylation is 1. The van der Waals surface area contributed by atoms with Crippen molar-refractivity contribution in [1.82, 2.24) is 14.8 Å². The van der Waals surface area contributed by atoms with Gasteiger partial charge < -0.3 is 9.30 Å². The molecule has 0 unspecified atom stereocenters. The smallest absolute Gasteiger partial charge is 0.191 e. The molecule has 142 valence electrons. The molecule has 0 N–H and O–H groups in total. The van der Waals surface area contributed by atoms with Gasteiger partial charge in [0.15, 0.2) is 11.0 Å². The Labute approximate surface area is 171 Å². The van der Waals surface area contributed by atoms with Crippen molar-refractivity contribution in [2.45, 2.75) is 37.9 Å². The lowest BCUT2D eigenvalue weighted by Crippen LogP contribution is -2.07. The molecule has 0 aliphatic carbocycles. The molecule has 3 rings (SSSR count). The van der Waals surface area contributed by atoms with Crippen molar-refractivity contribution in [3.8, 4) is 5.75 Å². The standard InChI is InChI=1S/C19H18Cl2FN3OS/c1-3-25-18(10-26-13-7-8-15(20)12(2)9-13)23-24-19(25)27-11-14-16(21)5-4-6-17(14)22/h4-9H,3,10-11H2,1-2H3. The zero-order valence-electron chi connectivity index (χ0n) is 14.9. The largest absolute Gasteiger partial charge is 0.486 e. The van der Waals surface area contributed by atoms with Gasteiger partial charge in [0, 0.05) is 27.9 Å². The maximum atomic E-state index is 13.9. The minimum absolute atomic E-state index is 0.281. The van der Waals surface area contributed by atoms with Crippen LogP contribution < -0.4 is 4.74 Å². The van der Waals surface area contributed by atoms with Crippen molar-refractivity contribution in [3.05, 3.63) is 69.2 Å². The maximum absolute atomic E-state index is 13.9. The molecule has 0 amide bonds. The van der Waals surface area contributed by atoms with Crippen molar-refractivity contribution < 1.29 is 9.13 Å². The summed E-state index contributed by atoms with van der Waals surface area (Å²) in [6.07, 6.45) is 0. The maximum Gasteiger partial charge on any atom is 0.191 e. The van der Waals surface area contributed by atoms with Gasteiger partial charge in [0.2, 0.25) is 0 Å². The van der Waals surface area contributed by atoms with Crippen molar-refractivity contribution in [2.24, 2.45) is 0 Å². The van der Waals surface area contributed by atoms with Crippen LogP contribution in [0.2, 0.25) is 10.0 Å². The lowest BCUT2D eigenvalue weighted by molar-refractivity contribution is 0.288. The van der Waals surface area contributed by atoms with E-state index in [-0.39, 0.29) is 12.4 Å². The normalized spacial score (nSPS) is 11.0. The van der Waals surface area contributed by atoms with Crippen molar-refractivity contribution in [1.29, 1.82) is 0 Å². The minimum atomic E-state index is -0.320. The highest BCUT2D eigenvalue weighted by atomic mass is 35.5. The molecule has 0 bridgehead atoms. The van der Waals surface area contributed by atoms with Crippen LogP contribution in [-0.2, 0) is 18.9 Å². The van der Waals surface area contributed by atoms with Crippen LogP contribution in [0, 0.1) is 12.7 Å². The summed E-state index contributed by atoms with van der Waals surface area (Å²) < 4.78 is 21.7. The summed E-state index contributed by atoms with van der Waals surface area (Å²) in [5.74, 6) is 1.47. The fourth-order valence-electron chi connectivity index (χ4n) is 2.51. The highest BCUT2D eigenvalue weighted by molar-refractivity contribution is 7.98. The van der Waals surface area contributed by atoms with E-state index in [4.69, 9.17) is 27.9 Å². The Morgan fingerprint density at radius 2 is 1.96 bits per heavy atom. The summed E-state index contributed by atoms with van der Waals surface area (Å²) in [7, 11) is 0. The van der Waals surface area contributed by atoms with E-state index < -0.39 is 0 Å². The minimum Gasteiger partial charge on any atom is -0.486 e. The Kier molecular flexibility index (Phi) is 6.63. The van der Waals surface area contributed by atoms with Crippen LogP contribution in [0.3, 0.4) is 0 Å². The van der Waals surface area contributed by atoms with Crippen LogP contribution in [-0.4, -0.2) is 14.8 Å². The van der Waals surface area contributed by atoms with E-state index in [1.807, 2.05) is 30.5 Å². The molecule has 0 saturated heterocycles. The second kappa shape index (κ2) is 8.95. The number of rotatable bonds is 7. The highest BCUT2D eigenvalue weighted by Gasteiger charge is 2.14. The zero-order valence-corrected chi connectivity index (χ0v) is 17.2. The van der Waals surface area contributed by atoms with E-state index in [0.717, 1.165) is 11.3 Å². The van der Waals surface area contributed by atoms with E-state index in [9.17, 15) is 4.39 Å². The number of thioether (sulfide) groups is 1. The first kappa shape index (κ1) is 20.0. The molecule has 0 fully saturated rings. The van der Waals surface area contributed by atoms with Crippen LogP contribution in [0.15, 0.2) is 41.6 Å². The number of hydrogen-bond acceptors (Lipinski definition) is 4. The summed E-state index contributed by atoms with van der Waals surface area (Å²) in [4.78, 5) is 0. The molecule has 0 spiro atoms. The van der Waals surface area contributed by atoms with Gasteiger partial charge in [-0.1, -0.05) is 41.0 Å². The van der Waals surface area contributed by atoms with Gasteiger partial charge in [0.1, 0.15) is 18.2 Å². The third kappa shape index (κ3) is 4.75. The fourth-order valence-corrected chi connectivity index (χ4v) is 3.99. The molecule has 0 aliphatic heterocycles. The molecule has 2 aromatic carbocycles. The molecule has 0 aliphatic rings. The Hall–Kier alpha value is -1.76. The average Bonchev–Trinajstić information content (AvgIpc) is 3.04. The van der Waals surface area contributed by atoms with E-state index in [1.165, 1.54) is 17.8 Å². The van der Waals surface area contributed by atoms with Crippen molar-refractivity contribution in [2.75, 3.05) is 0 Å². The molecule has 27 heavy (non-hydrogen) atoms. The van der Waals surface area contributed by atoms with Gasteiger partial charge in [-0.05, 0) is 49.7 Å². The van der Waals surface area contributed by atoms with Crippen LogP contribution in [0.1, 0.15) is 23.9 Å². The van der Waals surface area contributed by atoms with Gasteiger partial charge in [-0.3, -0.25) is 0 Å². The lowest BCUT2D eigenvalue weighted by atomic mass is 10.2. The molecule has 1 heterocycles. The van der Waals surface area contributed by atoms with Gasteiger partial charge in [0.05, 0.1) is 0 Å². The number of aromatic nitrogens is 3. The van der Waals surface area contributed by atoms with Gasteiger partial charge in [-0.2, -0.15) is 0 Å². The number of ether oxygens (including phenoxy) is 1. The molecule has 0 radical (unpaired) electrons. The Bertz CT molecular complexity index is 928. The third-order valence-electron chi connectivity index (χ3n) is 4.01. The van der Waals surface area contributed by atoms with E-state index >= 15 is 0 Å². The Morgan fingerprint density at radius 3 is 2.67 bits per heavy atom. The number of nitrogens with zero attached hydrogens (tertiary/aromatic N) is 3. The van der Waals surface area contributed by atoms with Gasteiger partial charge in [-0.15, -0.1) is 10.2 Å². The first-order chi connectivity index (χ1) is 13.0. The van der Waals surface area contributed by atoms with Gasteiger partial charge >= 0.3 is 0 Å². The number of hydrogen-bond donors (Lipinski definition) is 0. The predicted molar refractivity (Wildman–Crippen MR) is 107 cm³/mol. The first-order valence-corrected chi connectivity index (χ1v) is 10.1. The predicted octanol–water partition coefficient (Wildman–Crippen LogP) is 5.92. The highest BCUT2D eigenvalue weighted by Crippen LogP contribution is 2.28. The SMILES string of the molecule is CCn1c(COc2ccc(Cl)c(C)c2)nnc1SCc1c(F)cccc1Cl. The van der Waals surface area contributed by atoms with Crippen LogP contribution >= 0.6 is 35.0 Å². The van der Waals surface area contributed by atoms with Crippen LogP contribution in [0.4, 0.5) is 4.39 Å². The molecule has 0 saturated carbocycles. The van der Waals surface area contributed by atoms with Gasteiger partial charge in [-0.25, -0.2) is 4.39 Å². The van der Waals surface area contributed by atoms with E-state index in [0.29, 0.717) is 38.9 Å². The monoisotopic (exact) mass is 425 g/mol. The second-order valence-corrected chi connectivity index (χ2v) is 7.59. The fraction of sp³-hybridized carbons (Fsp3) is 0.263. The van der Waals surface area contributed by atoms with Gasteiger partial charge in [0.25, 0.3) is 0 Å². The Balaban J connectivity index is 1.70. The van der Waals surface area contributed by atoms with Crippen molar-refractivity contribution in [3.63, 3.8) is 0 Å². The third-order valence-corrected chi connectivity index (χ3v) is 5.79. The summed E-state index contributed by atoms with van der Waals surface area (Å²) in [6.45, 7) is 4.88. The summed E-state index contributed by atoms with van der Waals surface area (Å²) >= 11 is 13.5. The summed E-state index contributed by atoms with van der Waals surface area (Å²) in [5, 5.41) is 10.2. The summed E-state index contributed by atoms with van der Waals surface area (Å²) in [6, 6.07) is 10.2. The first-order valence-electron chi connectivity index (χ1n) is 8.36. The lowest BCUT2D eigenvalue weighted by Gasteiger charge is -2.10. The molecular formula is C19H18Cl2FN3OS. The molecule has 3 aromatic rings. The molecule has 8 heteroatoms. The number of benzene rings is 2. The second-order valence-electron chi connectivity index (χ2n) is 5.83. The van der Waals surface area contributed by atoms with E-state index in [1.54, 1.807) is 18.2 Å². The van der Waals surface area contributed by atoms with Crippen LogP contribution in [0.25, 0.3) is 0 Å². The average molecular weight is 426 g/mol.